The van der Waals surface area contributed by atoms with E-state index in [2.05, 4.69) is 38.7 Å². The number of rotatable bonds is 7. The van der Waals surface area contributed by atoms with Gasteiger partial charge in [-0.15, -0.1) is 10.2 Å². The van der Waals surface area contributed by atoms with E-state index in [1.807, 2.05) is 25.1 Å². The summed E-state index contributed by atoms with van der Waals surface area (Å²) in [6, 6.07) is 11.3. The summed E-state index contributed by atoms with van der Waals surface area (Å²) in [4.78, 5) is 15.3. The van der Waals surface area contributed by atoms with Crippen molar-refractivity contribution in [2.75, 3.05) is 5.75 Å². The van der Waals surface area contributed by atoms with Gasteiger partial charge in [0.2, 0.25) is 5.91 Å². The molecule has 0 aliphatic heterocycles. The van der Waals surface area contributed by atoms with Crippen molar-refractivity contribution in [2.24, 2.45) is 5.92 Å². The molecule has 0 spiro atoms. The second-order valence-corrected chi connectivity index (χ2v) is 9.28. The average molecular weight is 399 g/mol. The summed E-state index contributed by atoms with van der Waals surface area (Å²) in [5.74, 6) is 2.43. The predicted octanol–water partition coefficient (Wildman–Crippen LogP) is 4.30. The number of amides is 1. The molecular formula is C22H30N4OS. The summed E-state index contributed by atoms with van der Waals surface area (Å²) >= 11 is 1.53. The first kappa shape index (κ1) is 19.5. The Morgan fingerprint density at radius 3 is 2.36 bits per heavy atom. The van der Waals surface area contributed by atoms with E-state index in [-0.39, 0.29) is 5.91 Å². The molecule has 1 aromatic carbocycles. The highest BCUT2D eigenvalue weighted by Crippen LogP contribution is 2.36. The Morgan fingerprint density at radius 1 is 1.07 bits per heavy atom. The van der Waals surface area contributed by atoms with Gasteiger partial charge in [0.05, 0.1) is 12.3 Å². The fraction of sp³-hybridized carbons (Fsp3) is 0.591. The SMILES string of the molecule is Cc1nnc(SCC(=O)N(C2CCC(C)CC2)C2CC2)n1Cc1ccccc1. The normalized spacial score (nSPS) is 22.2. The van der Waals surface area contributed by atoms with Gasteiger partial charge in [-0.1, -0.05) is 49.0 Å². The number of nitrogens with zero attached hydrogens (tertiary/aromatic N) is 4. The summed E-state index contributed by atoms with van der Waals surface area (Å²) in [6.45, 7) is 5.04. The molecule has 0 radical (unpaired) electrons. The Bertz CT molecular complexity index is 794. The van der Waals surface area contributed by atoms with E-state index in [0.717, 1.165) is 36.3 Å². The van der Waals surface area contributed by atoms with Gasteiger partial charge in [0.1, 0.15) is 5.82 Å². The number of benzene rings is 1. The molecule has 0 unspecified atom stereocenters. The lowest BCUT2D eigenvalue weighted by molar-refractivity contribution is -0.132. The fourth-order valence-corrected chi connectivity index (χ4v) is 5.05. The molecule has 0 atom stereocenters. The van der Waals surface area contributed by atoms with E-state index in [0.29, 0.717) is 17.8 Å². The molecule has 2 fully saturated rings. The zero-order chi connectivity index (χ0) is 19.5. The van der Waals surface area contributed by atoms with Gasteiger partial charge in [0.15, 0.2) is 5.16 Å². The van der Waals surface area contributed by atoms with Crippen LogP contribution in [0.2, 0.25) is 0 Å². The van der Waals surface area contributed by atoms with E-state index in [4.69, 9.17) is 0 Å². The zero-order valence-corrected chi connectivity index (χ0v) is 17.7. The maximum atomic E-state index is 13.1. The smallest absolute Gasteiger partial charge is 0.233 e. The molecule has 150 valence electrons. The fourth-order valence-electron chi connectivity index (χ4n) is 4.20. The van der Waals surface area contributed by atoms with Crippen LogP contribution in [0.5, 0.6) is 0 Å². The van der Waals surface area contributed by atoms with Crippen LogP contribution in [0.3, 0.4) is 0 Å². The van der Waals surface area contributed by atoms with Gasteiger partial charge in [-0.3, -0.25) is 4.79 Å². The molecule has 1 amide bonds. The third kappa shape index (κ3) is 4.59. The van der Waals surface area contributed by atoms with Crippen LogP contribution in [-0.4, -0.2) is 43.4 Å². The first-order chi connectivity index (χ1) is 13.6. The molecule has 0 saturated heterocycles. The van der Waals surface area contributed by atoms with Crippen LogP contribution in [0.1, 0.15) is 56.8 Å². The minimum atomic E-state index is 0.277. The van der Waals surface area contributed by atoms with E-state index < -0.39 is 0 Å². The summed E-state index contributed by atoms with van der Waals surface area (Å²) in [7, 11) is 0. The monoisotopic (exact) mass is 398 g/mol. The highest BCUT2D eigenvalue weighted by molar-refractivity contribution is 7.99. The highest BCUT2D eigenvalue weighted by Gasteiger charge is 2.38. The molecule has 1 aromatic heterocycles. The summed E-state index contributed by atoms with van der Waals surface area (Å²) < 4.78 is 2.11. The lowest BCUT2D eigenvalue weighted by Crippen LogP contribution is -2.44. The van der Waals surface area contributed by atoms with E-state index in [1.54, 1.807) is 0 Å². The third-order valence-electron chi connectivity index (χ3n) is 6.02. The number of hydrogen-bond donors (Lipinski definition) is 0. The molecule has 2 saturated carbocycles. The van der Waals surface area contributed by atoms with Crippen LogP contribution in [-0.2, 0) is 11.3 Å². The van der Waals surface area contributed by atoms with E-state index in [1.165, 1.54) is 43.0 Å². The highest BCUT2D eigenvalue weighted by atomic mass is 32.2. The van der Waals surface area contributed by atoms with Gasteiger partial charge in [0.25, 0.3) is 0 Å². The van der Waals surface area contributed by atoms with Gasteiger partial charge in [-0.25, -0.2) is 0 Å². The Hall–Kier alpha value is -1.82. The van der Waals surface area contributed by atoms with Crippen molar-refractivity contribution in [3.63, 3.8) is 0 Å². The minimum absolute atomic E-state index is 0.277. The molecule has 0 N–H and O–H groups in total. The molecule has 2 aliphatic rings. The number of hydrogen-bond acceptors (Lipinski definition) is 4. The quantitative estimate of drug-likeness (QED) is 0.653. The number of carbonyl (C=O) groups is 1. The van der Waals surface area contributed by atoms with E-state index in [9.17, 15) is 4.79 Å². The maximum Gasteiger partial charge on any atom is 0.233 e. The maximum absolute atomic E-state index is 13.1. The molecule has 28 heavy (non-hydrogen) atoms. The van der Waals surface area contributed by atoms with Crippen LogP contribution in [0.4, 0.5) is 0 Å². The van der Waals surface area contributed by atoms with Crippen LogP contribution < -0.4 is 0 Å². The van der Waals surface area contributed by atoms with Crippen molar-refractivity contribution in [3.05, 3.63) is 41.7 Å². The lowest BCUT2D eigenvalue weighted by Gasteiger charge is -2.36. The molecular weight excluding hydrogens is 368 g/mol. The van der Waals surface area contributed by atoms with Gasteiger partial charge < -0.3 is 9.47 Å². The van der Waals surface area contributed by atoms with Crippen LogP contribution in [0.15, 0.2) is 35.5 Å². The summed E-state index contributed by atoms with van der Waals surface area (Å²) in [5.41, 5.74) is 1.22. The standard InChI is InChI=1S/C22H30N4OS/c1-16-8-10-19(11-9-16)26(20-12-13-20)21(27)15-28-22-24-23-17(2)25(22)14-18-6-4-3-5-7-18/h3-7,16,19-20H,8-15H2,1-2H3. The molecule has 2 aliphatic carbocycles. The predicted molar refractivity (Wildman–Crippen MR) is 112 cm³/mol. The average Bonchev–Trinajstić information content (AvgIpc) is 3.48. The van der Waals surface area contributed by atoms with Gasteiger partial charge in [-0.2, -0.15) is 0 Å². The van der Waals surface area contributed by atoms with Crippen LogP contribution in [0.25, 0.3) is 0 Å². The van der Waals surface area contributed by atoms with Crippen LogP contribution >= 0.6 is 11.8 Å². The minimum Gasteiger partial charge on any atom is -0.336 e. The number of aromatic nitrogens is 3. The molecule has 6 heteroatoms. The van der Waals surface area contributed by atoms with Crippen molar-refractivity contribution >= 4 is 17.7 Å². The zero-order valence-electron chi connectivity index (χ0n) is 16.9. The van der Waals surface area contributed by atoms with Gasteiger partial charge in [0, 0.05) is 12.1 Å². The molecule has 0 bridgehead atoms. The number of thioether (sulfide) groups is 1. The van der Waals surface area contributed by atoms with Crippen molar-refractivity contribution in [1.29, 1.82) is 0 Å². The molecule has 1 heterocycles. The van der Waals surface area contributed by atoms with Crippen LogP contribution in [0, 0.1) is 12.8 Å². The third-order valence-corrected chi connectivity index (χ3v) is 6.97. The summed E-state index contributed by atoms with van der Waals surface area (Å²) in [6.07, 6.45) is 7.17. The number of aryl methyl sites for hydroxylation is 1. The van der Waals surface area contributed by atoms with Crippen molar-refractivity contribution in [1.82, 2.24) is 19.7 Å². The topological polar surface area (TPSA) is 51.0 Å². The molecule has 2 aromatic rings. The molecule has 5 nitrogen and oxygen atoms in total. The lowest BCUT2D eigenvalue weighted by atomic mass is 9.86. The largest absolute Gasteiger partial charge is 0.336 e. The second kappa shape index (κ2) is 8.68. The second-order valence-electron chi connectivity index (χ2n) is 8.34. The Balaban J connectivity index is 1.40. The van der Waals surface area contributed by atoms with Crippen molar-refractivity contribution < 1.29 is 4.79 Å². The Kier molecular flexibility index (Phi) is 6.04. The van der Waals surface area contributed by atoms with Gasteiger partial charge >= 0.3 is 0 Å². The molecule has 4 rings (SSSR count). The van der Waals surface area contributed by atoms with Crippen molar-refractivity contribution in [3.8, 4) is 0 Å². The van der Waals surface area contributed by atoms with Gasteiger partial charge in [-0.05, 0) is 56.9 Å². The van der Waals surface area contributed by atoms with E-state index >= 15 is 0 Å². The first-order valence-corrected chi connectivity index (χ1v) is 11.5. The Labute approximate surface area is 171 Å². The first-order valence-electron chi connectivity index (χ1n) is 10.5. The summed E-state index contributed by atoms with van der Waals surface area (Å²) in [5, 5.41) is 9.42. The number of carbonyl (C=O) groups excluding carboxylic acids is 1. The Morgan fingerprint density at radius 2 is 1.71 bits per heavy atom. The van der Waals surface area contributed by atoms with Crippen molar-refractivity contribution in [2.45, 2.75) is 76.2 Å².